The summed E-state index contributed by atoms with van der Waals surface area (Å²) in [5.41, 5.74) is 4.77. The van der Waals surface area contributed by atoms with Gasteiger partial charge in [0.25, 0.3) is 0 Å². The van der Waals surface area contributed by atoms with Gasteiger partial charge in [-0.2, -0.15) is 0 Å². The first-order valence-corrected chi connectivity index (χ1v) is 9.64. The predicted molar refractivity (Wildman–Crippen MR) is 108 cm³/mol. The van der Waals surface area contributed by atoms with E-state index in [2.05, 4.69) is 29.0 Å². The summed E-state index contributed by atoms with van der Waals surface area (Å²) in [4.78, 5) is 14.9. The van der Waals surface area contributed by atoms with E-state index in [0.29, 0.717) is 24.6 Å². The average molecular weight is 383 g/mol. The van der Waals surface area contributed by atoms with Crippen molar-refractivity contribution < 1.29 is 9.53 Å². The Labute approximate surface area is 164 Å². The molecule has 2 heterocycles. The van der Waals surface area contributed by atoms with Crippen LogP contribution in [0.1, 0.15) is 16.7 Å². The van der Waals surface area contributed by atoms with Gasteiger partial charge in [0.05, 0.1) is 13.0 Å². The molecular weight excluding hydrogens is 360 g/mol. The first kappa shape index (κ1) is 18.1. The number of ether oxygens (including phenoxy) is 1. The van der Waals surface area contributed by atoms with E-state index in [9.17, 15) is 4.79 Å². The number of rotatable bonds is 5. The summed E-state index contributed by atoms with van der Waals surface area (Å²) in [7, 11) is 1.73. The van der Waals surface area contributed by atoms with Crippen LogP contribution in [0.25, 0.3) is 10.9 Å². The fourth-order valence-corrected chi connectivity index (χ4v) is 3.98. The van der Waals surface area contributed by atoms with Gasteiger partial charge < -0.3 is 14.2 Å². The first-order chi connectivity index (χ1) is 13.2. The number of nitrogens with zero attached hydrogens (tertiary/aromatic N) is 2. The zero-order chi connectivity index (χ0) is 18.8. The Morgan fingerprint density at radius 3 is 2.74 bits per heavy atom. The lowest BCUT2D eigenvalue weighted by molar-refractivity contribution is -0.131. The van der Waals surface area contributed by atoms with Crippen molar-refractivity contribution in [1.82, 2.24) is 9.47 Å². The molecule has 1 aliphatic rings. The molecule has 0 aliphatic carbocycles. The quantitative estimate of drug-likeness (QED) is 0.666. The maximum atomic E-state index is 12.9. The molecule has 0 unspecified atom stereocenters. The predicted octanol–water partition coefficient (Wildman–Crippen LogP) is 4.07. The minimum atomic E-state index is 0.159. The van der Waals surface area contributed by atoms with Gasteiger partial charge in [0.2, 0.25) is 5.91 Å². The molecule has 5 heteroatoms. The van der Waals surface area contributed by atoms with Crippen LogP contribution in [0, 0.1) is 0 Å². The van der Waals surface area contributed by atoms with Gasteiger partial charge >= 0.3 is 0 Å². The second kappa shape index (κ2) is 7.75. The van der Waals surface area contributed by atoms with E-state index < -0.39 is 0 Å². The Bertz CT molecular complexity index is 962. The monoisotopic (exact) mass is 382 g/mol. The minimum absolute atomic E-state index is 0.159. The second-order valence-corrected chi connectivity index (χ2v) is 7.46. The summed E-state index contributed by atoms with van der Waals surface area (Å²) in [6.45, 7) is 2.93. The summed E-state index contributed by atoms with van der Waals surface area (Å²) in [6.07, 6.45) is 3.51. The third kappa shape index (κ3) is 3.73. The number of amides is 1. The number of hydrogen-bond acceptors (Lipinski definition) is 2. The van der Waals surface area contributed by atoms with E-state index in [-0.39, 0.29) is 5.91 Å². The highest BCUT2D eigenvalue weighted by molar-refractivity contribution is 6.30. The van der Waals surface area contributed by atoms with Gasteiger partial charge in [0, 0.05) is 48.9 Å². The normalized spacial score (nSPS) is 13.8. The van der Waals surface area contributed by atoms with Gasteiger partial charge in [-0.1, -0.05) is 35.9 Å². The van der Waals surface area contributed by atoms with Crippen LogP contribution in [-0.4, -0.2) is 35.6 Å². The van der Waals surface area contributed by atoms with Gasteiger partial charge in [-0.25, -0.2) is 0 Å². The third-order valence-electron chi connectivity index (χ3n) is 5.24. The van der Waals surface area contributed by atoms with Crippen LogP contribution in [-0.2, 0) is 35.5 Å². The second-order valence-electron chi connectivity index (χ2n) is 7.02. The Kier molecular flexibility index (Phi) is 5.19. The first-order valence-electron chi connectivity index (χ1n) is 9.26. The van der Waals surface area contributed by atoms with Crippen LogP contribution < -0.4 is 0 Å². The number of halogens is 1. The molecule has 3 aromatic rings. The zero-order valence-corrected chi connectivity index (χ0v) is 16.2. The van der Waals surface area contributed by atoms with Crippen molar-refractivity contribution in [2.75, 3.05) is 20.3 Å². The number of carbonyl (C=O) groups is 1. The molecule has 27 heavy (non-hydrogen) atoms. The molecule has 0 fully saturated rings. The molecule has 0 saturated carbocycles. The average Bonchev–Trinajstić information content (AvgIpc) is 2.92. The molecule has 140 valence electrons. The summed E-state index contributed by atoms with van der Waals surface area (Å²) < 4.78 is 7.51. The van der Waals surface area contributed by atoms with Crippen LogP contribution >= 0.6 is 11.6 Å². The lowest BCUT2D eigenvalue weighted by Crippen LogP contribution is -2.32. The van der Waals surface area contributed by atoms with Crippen molar-refractivity contribution in [2.45, 2.75) is 25.9 Å². The highest BCUT2D eigenvalue weighted by atomic mass is 35.5. The Morgan fingerprint density at radius 1 is 1.15 bits per heavy atom. The van der Waals surface area contributed by atoms with E-state index in [4.69, 9.17) is 16.3 Å². The SMILES string of the molecule is COCCn1cc2c3c(cccc31)CN(C(=O)Cc1ccc(Cl)cc1)CC2. The fourth-order valence-electron chi connectivity index (χ4n) is 3.86. The van der Waals surface area contributed by atoms with Crippen molar-refractivity contribution in [3.63, 3.8) is 0 Å². The molecule has 1 aliphatic heterocycles. The standard InChI is InChI=1S/C22H23ClN2O2/c1-27-12-11-24-14-18-9-10-25(15-17-3-2-4-20(24)22(17)18)21(26)13-16-5-7-19(23)8-6-16/h2-8,14H,9-13,15H2,1H3. The molecule has 4 rings (SSSR count). The number of carbonyl (C=O) groups excluding carboxylic acids is 1. The lowest BCUT2D eigenvalue weighted by atomic mass is 10.1. The Morgan fingerprint density at radius 2 is 1.96 bits per heavy atom. The van der Waals surface area contributed by atoms with E-state index in [1.54, 1.807) is 7.11 Å². The van der Waals surface area contributed by atoms with Crippen LogP contribution in [0.3, 0.4) is 0 Å². The largest absolute Gasteiger partial charge is 0.383 e. The smallest absolute Gasteiger partial charge is 0.227 e. The summed E-state index contributed by atoms with van der Waals surface area (Å²) in [5, 5.41) is 1.99. The molecule has 4 nitrogen and oxygen atoms in total. The lowest BCUT2D eigenvalue weighted by Gasteiger charge is -2.21. The van der Waals surface area contributed by atoms with Gasteiger partial charge in [-0.05, 0) is 41.3 Å². The van der Waals surface area contributed by atoms with Gasteiger partial charge in [-0.15, -0.1) is 0 Å². The van der Waals surface area contributed by atoms with Gasteiger partial charge in [0.1, 0.15) is 0 Å². The highest BCUT2D eigenvalue weighted by Crippen LogP contribution is 2.29. The molecule has 0 spiro atoms. The summed E-state index contributed by atoms with van der Waals surface area (Å²) >= 11 is 5.94. The number of benzene rings is 2. The number of methoxy groups -OCH3 is 1. The molecule has 1 aromatic heterocycles. The van der Waals surface area contributed by atoms with Crippen LogP contribution in [0.15, 0.2) is 48.7 Å². The number of hydrogen-bond donors (Lipinski definition) is 0. The van der Waals surface area contributed by atoms with Crippen LogP contribution in [0.4, 0.5) is 0 Å². The minimum Gasteiger partial charge on any atom is -0.383 e. The maximum Gasteiger partial charge on any atom is 0.227 e. The van der Waals surface area contributed by atoms with Crippen molar-refractivity contribution in [2.24, 2.45) is 0 Å². The molecule has 0 radical (unpaired) electrons. The summed E-state index contributed by atoms with van der Waals surface area (Å²) in [5.74, 6) is 0.159. The van der Waals surface area contributed by atoms with Crippen LogP contribution in [0.2, 0.25) is 5.02 Å². The molecule has 0 saturated heterocycles. The molecule has 2 aromatic carbocycles. The molecule has 0 N–H and O–H groups in total. The summed E-state index contributed by atoms with van der Waals surface area (Å²) in [6, 6.07) is 13.9. The fraction of sp³-hybridized carbons (Fsp3) is 0.318. The van der Waals surface area contributed by atoms with Crippen molar-refractivity contribution >= 4 is 28.4 Å². The molecule has 0 bridgehead atoms. The van der Waals surface area contributed by atoms with Gasteiger partial charge in [0.15, 0.2) is 0 Å². The van der Waals surface area contributed by atoms with E-state index in [0.717, 1.165) is 25.1 Å². The maximum absolute atomic E-state index is 12.9. The van der Waals surface area contributed by atoms with Crippen molar-refractivity contribution in [3.8, 4) is 0 Å². The van der Waals surface area contributed by atoms with E-state index in [1.807, 2.05) is 29.2 Å². The highest BCUT2D eigenvalue weighted by Gasteiger charge is 2.22. The van der Waals surface area contributed by atoms with Crippen molar-refractivity contribution in [1.29, 1.82) is 0 Å². The Hall–Kier alpha value is -2.30. The van der Waals surface area contributed by atoms with E-state index in [1.165, 1.54) is 22.0 Å². The van der Waals surface area contributed by atoms with Gasteiger partial charge in [-0.3, -0.25) is 4.79 Å². The van der Waals surface area contributed by atoms with E-state index >= 15 is 0 Å². The topological polar surface area (TPSA) is 34.5 Å². The number of aromatic nitrogens is 1. The third-order valence-corrected chi connectivity index (χ3v) is 5.49. The molecule has 0 atom stereocenters. The molecule has 1 amide bonds. The van der Waals surface area contributed by atoms with Crippen molar-refractivity contribution in [3.05, 3.63) is 70.4 Å². The Balaban J connectivity index is 1.57. The zero-order valence-electron chi connectivity index (χ0n) is 15.5. The molecular formula is C22H23ClN2O2. The van der Waals surface area contributed by atoms with Crippen LogP contribution in [0.5, 0.6) is 0 Å².